The minimum atomic E-state index is -0.342. The van der Waals surface area contributed by atoms with Gasteiger partial charge in [0.25, 0.3) is 0 Å². The van der Waals surface area contributed by atoms with Crippen LogP contribution in [0, 0.1) is 5.82 Å². The maximum Gasteiger partial charge on any atom is 0.249 e. The van der Waals surface area contributed by atoms with Crippen molar-refractivity contribution in [3.63, 3.8) is 0 Å². The Balaban J connectivity index is 1.66. The second kappa shape index (κ2) is 6.05. The highest BCUT2D eigenvalue weighted by Crippen LogP contribution is 2.39. The van der Waals surface area contributed by atoms with Gasteiger partial charge in [0.05, 0.1) is 5.69 Å². The molecule has 0 bridgehead atoms. The second-order valence-electron chi connectivity index (χ2n) is 6.54. The zero-order chi connectivity index (χ0) is 16.7. The van der Waals surface area contributed by atoms with Gasteiger partial charge in [-0.3, -0.25) is 14.9 Å². The van der Waals surface area contributed by atoms with E-state index in [2.05, 4.69) is 15.5 Å². The molecule has 2 amide bonds. The van der Waals surface area contributed by atoms with E-state index in [1.165, 1.54) is 6.07 Å². The van der Waals surface area contributed by atoms with Crippen LogP contribution < -0.4 is 20.4 Å². The Bertz CT molecular complexity index is 687. The standard InChI is InChI=1S/C17H21FN4O2/c18-12-1-2-13-11(16(12)21-9-6-19-7-10-21)5-8-22(13)14-3-4-15(23)20-17(14)24/h1-2,14,19H,3-10H2,(H,20,23,24). The number of piperidine rings is 1. The molecular weight excluding hydrogens is 311 g/mol. The first-order chi connectivity index (χ1) is 11.6. The minimum absolute atomic E-state index is 0.194. The molecule has 1 aromatic rings. The maximum atomic E-state index is 14.5. The monoisotopic (exact) mass is 332 g/mol. The first-order valence-corrected chi connectivity index (χ1v) is 8.52. The van der Waals surface area contributed by atoms with Crippen LogP contribution in [0.1, 0.15) is 18.4 Å². The highest BCUT2D eigenvalue weighted by molar-refractivity contribution is 6.02. The minimum Gasteiger partial charge on any atom is -0.366 e. The lowest BCUT2D eigenvalue weighted by molar-refractivity contribution is -0.134. The summed E-state index contributed by atoms with van der Waals surface area (Å²) in [6.45, 7) is 3.95. The number of imide groups is 1. The van der Waals surface area contributed by atoms with Crippen LogP contribution in [-0.4, -0.2) is 50.6 Å². The molecule has 0 spiro atoms. The largest absolute Gasteiger partial charge is 0.366 e. The molecule has 1 aromatic carbocycles. The molecule has 0 saturated carbocycles. The summed E-state index contributed by atoms with van der Waals surface area (Å²) in [4.78, 5) is 27.7. The molecule has 6 nitrogen and oxygen atoms in total. The quantitative estimate of drug-likeness (QED) is 0.768. The van der Waals surface area contributed by atoms with Gasteiger partial charge < -0.3 is 15.1 Å². The number of amides is 2. The highest BCUT2D eigenvalue weighted by Gasteiger charge is 2.36. The number of halogens is 1. The molecular formula is C17H21FN4O2. The van der Waals surface area contributed by atoms with E-state index in [0.29, 0.717) is 25.1 Å². The molecule has 2 saturated heterocycles. The van der Waals surface area contributed by atoms with E-state index >= 15 is 0 Å². The maximum absolute atomic E-state index is 14.5. The third kappa shape index (κ3) is 2.53. The van der Waals surface area contributed by atoms with Crippen LogP contribution in [0.15, 0.2) is 12.1 Å². The average Bonchev–Trinajstić information content (AvgIpc) is 2.99. The van der Waals surface area contributed by atoms with E-state index in [9.17, 15) is 14.0 Å². The summed E-state index contributed by atoms with van der Waals surface area (Å²) in [7, 11) is 0. The van der Waals surface area contributed by atoms with Crippen LogP contribution in [0.25, 0.3) is 0 Å². The number of anilines is 2. The fraction of sp³-hybridized carbons (Fsp3) is 0.529. The van der Waals surface area contributed by atoms with Crippen molar-refractivity contribution in [1.29, 1.82) is 0 Å². The number of fused-ring (bicyclic) bond motifs is 1. The Morgan fingerprint density at radius 1 is 1.08 bits per heavy atom. The zero-order valence-corrected chi connectivity index (χ0v) is 13.5. The van der Waals surface area contributed by atoms with Crippen LogP contribution in [0.3, 0.4) is 0 Å². The fourth-order valence-electron chi connectivity index (χ4n) is 4.00. The third-order valence-electron chi connectivity index (χ3n) is 5.14. The Morgan fingerprint density at radius 3 is 2.62 bits per heavy atom. The molecule has 3 aliphatic heterocycles. The van der Waals surface area contributed by atoms with Crippen molar-refractivity contribution in [3.8, 4) is 0 Å². The average molecular weight is 332 g/mol. The Hall–Kier alpha value is -2.15. The topological polar surface area (TPSA) is 64.7 Å². The van der Waals surface area contributed by atoms with Gasteiger partial charge in [0.2, 0.25) is 11.8 Å². The van der Waals surface area contributed by atoms with E-state index in [0.717, 1.165) is 43.9 Å². The van der Waals surface area contributed by atoms with E-state index in [1.807, 2.05) is 4.90 Å². The number of hydrogen-bond acceptors (Lipinski definition) is 5. The van der Waals surface area contributed by atoms with E-state index in [-0.39, 0.29) is 23.7 Å². The summed E-state index contributed by atoms with van der Waals surface area (Å²) in [5.41, 5.74) is 2.60. The van der Waals surface area contributed by atoms with Crippen LogP contribution in [0.5, 0.6) is 0 Å². The number of carbonyl (C=O) groups is 2. The van der Waals surface area contributed by atoms with E-state index in [1.54, 1.807) is 6.07 Å². The number of nitrogens with zero attached hydrogens (tertiary/aromatic N) is 2. The van der Waals surface area contributed by atoms with Gasteiger partial charge in [-0.25, -0.2) is 4.39 Å². The van der Waals surface area contributed by atoms with Gasteiger partial charge in [0.1, 0.15) is 11.9 Å². The van der Waals surface area contributed by atoms with E-state index < -0.39 is 0 Å². The second-order valence-corrected chi connectivity index (χ2v) is 6.54. The molecule has 3 aliphatic rings. The van der Waals surface area contributed by atoms with E-state index in [4.69, 9.17) is 0 Å². The first kappa shape index (κ1) is 15.4. The number of benzene rings is 1. The van der Waals surface area contributed by atoms with Crippen molar-refractivity contribution in [2.75, 3.05) is 42.5 Å². The first-order valence-electron chi connectivity index (χ1n) is 8.52. The molecule has 0 aromatic heterocycles. The molecule has 4 rings (SSSR count). The molecule has 1 unspecified atom stereocenters. The predicted molar refractivity (Wildman–Crippen MR) is 88.7 cm³/mol. The number of hydrogen-bond donors (Lipinski definition) is 2. The van der Waals surface area contributed by atoms with Gasteiger partial charge >= 0.3 is 0 Å². The van der Waals surface area contributed by atoms with Crippen molar-refractivity contribution in [3.05, 3.63) is 23.5 Å². The summed E-state index contributed by atoms with van der Waals surface area (Å²) >= 11 is 0. The molecule has 24 heavy (non-hydrogen) atoms. The van der Waals surface area contributed by atoms with Crippen molar-refractivity contribution in [1.82, 2.24) is 10.6 Å². The van der Waals surface area contributed by atoms with Crippen LogP contribution in [0.4, 0.5) is 15.8 Å². The molecule has 2 N–H and O–H groups in total. The normalized spacial score (nSPS) is 24.1. The molecule has 1 atom stereocenters. The Morgan fingerprint density at radius 2 is 1.88 bits per heavy atom. The molecule has 7 heteroatoms. The van der Waals surface area contributed by atoms with Gasteiger partial charge in [0, 0.05) is 50.4 Å². The Kier molecular flexibility index (Phi) is 3.88. The predicted octanol–water partition coefficient (Wildman–Crippen LogP) is 0.403. The zero-order valence-electron chi connectivity index (χ0n) is 13.5. The summed E-state index contributed by atoms with van der Waals surface area (Å²) in [5.74, 6) is -0.649. The van der Waals surface area contributed by atoms with Gasteiger partial charge in [-0.15, -0.1) is 0 Å². The van der Waals surface area contributed by atoms with Crippen LogP contribution in [-0.2, 0) is 16.0 Å². The lowest BCUT2D eigenvalue weighted by Gasteiger charge is -2.33. The van der Waals surface area contributed by atoms with Crippen molar-refractivity contribution >= 4 is 23.2 Å². The number of carbonyl (C=O) groups excluding carboxylic acids is 2. The lowest BCUT2D eigenvalue weighted by atomic mass is 10.0. The van der Waals surface area contributed by atoms with Gasteiger partial charge in [-0.05, 0) is 25.0 Å². The van der Waals surface area contributed by atoms with Crippen LogP contribution >= 0.6 is 0 Å². The van der Waals surface area contributed by atoms with Gasteiger partial charge in [-0.2, -0.15) is 0 Å². The molecule has 2 fully saturated rings. The number of rotatable bonds is 2. The molecule has 0 aliphatic carbocycles. The van der Waals surface area contributed by atoms with Gasteiger partial charge in [-0.1, -0.05) is 0 Å². The van der Waals surface area contributed by atoms with Crippen molar-refractivity contribution < 1.29 is 14.0 Å². The summed E-state index contributed by atoms with van der Waals surface area (Å²) in [5, 5.41) is 5.70. The highest BCUT2D eigenvalue weighted by atomic mass is 19.1. The summed E-state index contributed by atoms with van der Waals surface area (Å²) < 4.78 is 14.5. The summed E-state index contributed by atoms with van der Waals surface area (Å²) in [6, 6.07) is 2.93. The smallest absolute Gasteiger partial charge is 0.249 e. The number of piperazine rings is 1. The third-order valence-corrected chi connectivity index (χ3v) is 5.14. The van der Waals surface area contributed by atoms with Crippen molar-refractivity contribution in [2.24, 2.45) is 0 Å². The molecule has 0 radical (unpaired) electrons. The number of nitrogens with one attached hydrogen (secondary N) is 2. The molecule has 128 valence electrons. The van der Waals surface area contributed by atoms with Gasteiger partial charge in [0.15, 0.2) is 0 Å². The summed E-state index contributed by atoms with van der Waals surface area (Å²) in [6.07, 6.45) is 1.60. The SMILES string of the molecule is O=C1CCC(N2CCc3c2ccc(F)c3N2CCNCC2)C(=O)N1. The lowest BCUT2D eigenvalue weighted by Crippen LogP contribution is -2.52. The fourth-order valence-corrected chi connectivity index (χ4v) is 4.00. The van der Waals surface area contributed by atoms with Crippen LogP contribution in [0.2, 0.25) is 0 Å². The Labute approximate surface area is 140 Å². The molecule has 3 heterocycles. The van der Waals surface area contributed by atoms with Crippen molar-refractivity contribution in [2.45, 2.75) is 25.3 Å².